The topological polar surface area (TPSA) is 123 Å². The number of sulfonamides is 1. The molecule has 0 atom stereocenters. The van der Waals surface area contributed by atoms with Crippen molar-refractivity contribution in [3.05, 3.63) is 82.4 Å². The Morgan fingerprint density at radius 3 is 2.37 bits per heavy atom. The van der Waals surface area contributed by atoms with Gasteiger partial charge in [0.25, 0.3) is 11.6 Å². The first-order valence-electron chi connectivity index (χ1n) is 10.8. The molecule has 4 rings (SSSR count). The van der Waals surface area contributed by atoms with Gasteiger partial charge in [0.15, 0.2) is 0 Å². The van der Waals surface area contributed by atoms with Gasteiger partial charge in [0, 0.05) is 36.3 Å². The average Bonchev–Trinajstić information content (AvgIpc) is 3.28. The van der Waals surface area contributed by atoms with Crippen LogP contribution in [-0.2, 0) is 10.0 Å². The molecule has 0 aliphatic rings. The third kappa shape index (κ3) is 4.92. The van der Waals surface area contributed by atoms with E-state index in [2.05, 4.69) is 10.3 Å². The van der Waals surface area contributed by atoms with E-state index in [-0.39, 0.29) is 21.8 Å². The Hall–Kier alpha value is -3.67. The van der Waals surface area contributed by atoms with Crippen LogP contribution in [0.25, 0.3) is 20.8 Å². The summed E-state index contributed by atoms with van der Waals surface area (Å²) < 4.78 is 27.7. The first-order valence-corrected chi connectivity index (χ1v) is 13.1. The molecule has 1 aromatic heterocycles. The highest BCUT2D eigenvalue weighted by atomic mass is 32.2. The molecule has 1 N–H and O–H groups in total. The zero-order valence-electron chi connectivity index (χ0n) is 19.0. The Morgan fingerprint density at radius 2 is 1.74 bits per heavy atom. The van der Waals surface area contributed by atoms with Gasteiger partial charge in [-0.3, -0.25) is 14.9 Å². The van der Waals surface area contributed by atoms with Crippen LogP contribution in [-0.4, -0.2) is 41.6 Å². The summed E-state index contributed by atoms with van der Waals surface area (Å²) in [4.78, 5) is 28.5. The molecule has 9 nitrogen and oxygen atoms in total. The third-order valence-corrected chi connectivity index (χ3v) is 8.58. The van der Waals surface area contributed by atoms with Crippen molar-refractivity contribution < 1.29 is 18.1 Å². The van der Waals surface area contributed by atoms with Crippen LogP contribution in [0.2, 0.25) is 0 Å². The normalized spacial score (nSPS) is 11.6. The first-order chi connectivity index (χ1) is 16.7. The SMILES string of the molecule is CCN(CC)S(=O)(=O)c1ccc(C(=O)Nc2cc([N+](=O)[O-])ccc2-c2nc3ccccc3s2)cc1. The highest BCUT2D eigenvalue weighted by molar-refractivity contribution is 7.89. The quantitative estimate of drug-likeness (QED) is 0.258. The van der Waals surface area contributed by atoms with Gasteiger partial charge in [-0.25, -0.2) is 13.4 Å². The lowest BCUT2D eigenvalue weighted by Gasteiger charge is -2.18. The number of fused-ring (bicyclic) bond motifs is 1. The van der Waals surface area contributed by atoms with Crippen molar-refractivity contribution in [1.29, 1.82) is 0 Å². The predicted octanol–water partition coefficient (Wildman–Crippen LogP) is 5.15. The minimum Gasteiger partial charge on any atom is -0.321 e. The number of benzene rings is 3. The first kappa shape index (κ1) is 24.5. The highest BCUT2D eigenvalue weighted by Crippen LogP contribution is 2.36. The molecule has 11 heteroatoms. The number of nitro groups is 1. The number of para-hydroxylation sites is 1. The van der Waals surface area contributed by atoms with E-state index in [1.807, 2.05) is 24.3 Å². The smallest absolute Gasteiger partial charge is 0.271 e. The van der Waals surface area contributed by atoms with Gasteiger partial charge < -0.3 is 5.32 Å². The van der Waals surface area contributed by atoms with Crippen molar-refractivity contribution in [3.8, 4) is 10.6 Å². The van der Waals surface area contributed by atoms with Crippen LogP contribution < -0.4 is 5.32 Å². The summed E-state index contributed by atoms with van der Waals surface area (Å²) in [5.41, 5.74) is 1.61. The molecule has 180 valence electrons. The second-order valence-electron chi connectivity index (χ2n) is 7.54. The number of amides is 1. The average molecular weight is 511 g/mol. The maximum absolute atomic E-state index is 13.0. The van der Waals surface area contributed by atoms with Gasteiger partial charge >= 0.3 is 0 Å². The van der Waals surface area contributed by atoms with Crippen LogP contribution in [0.1, 0.15) is 24.2 Å². The number of nitrogens with zero attached hydrogens (tertiary/aromatic N) is 3. The molecule has 0 saturated heterocycles. The van der Waals surface area contributed by atoms with E-state index in [0.717, 1.165) is 10.2 Å². The lowest BCUT2D eigenvalue weighted by atomic mass is 10.1. The van der Waals surface area contributed by atoms with E-state index in [0.29, 0.717) is 23.7 Å². The number of carbonyl (C=O) groups is 1. The van der Waals surface area contributed by atoms with Crippen LogP contribution >= 0.6 is 11.3 Å². The fourth-order valence-electron chi connectivity index (χ4n) is 3.61. The molecule has 4 aromatic rings. The van der Waals surface area contributed by atoms with Crippen LogP contribution in [0.15, 0.2) is 71.6 Å². The van der Waals surface area contributed by atoms with Gasteiger partial charge in [-0.15, -0.1) is 11.3 Å². The summed E-state index contributed by atoms with van der Waals surface area (Å²) in [5, 5.41) is 14.7. The van der Waals surface area contributed by atoms with Gasteiger partial charge in [-0.05, 0) is 42.5 Å². The third-order valence-electron chi connectivity index (χ3n) is 5.45. The summed E-state index contributed by atoms with van der Waals surface area (Å²) in [7, 11) is -3.65. The molecule has 35 heavy (non-hydrogen) atoms. The van der Waals surface area contributed by atoms with E-state index >= 15 is 0 Å². The summed E-state index contributed by atoms with van der Waals surface area (Å²) in [6.07, 6.45) is 0. The number of rotatable bonds is 8. The van der Waals surface area contributed by atoms with Gasteiger partial charge in [0.1, 0.15) is 5.01 Å². The number of aromatic nitrogens is 1. The summed E-state index contributed by atoms with van der Waals surface area (Å²) in [6.45, 7) is 4.18. The van der Waals surface area contributed by atoms with Crippen LogP contribution in [0.5, 0.6) is 0 Å². The molecule has 0 unspecified atom stereocenters. The maximum Gasteiger partial charge on any atom is 0.271 e. The number of hydrogen-bond acceptors (Lipinski definition) is 7. The van der Waals surface area contributed by atoms with Crippen molar-refractivity contribution in [2.75, 3.05) is 18.4 Å². The zero-order valence-corrected chi connectivity index (χ0v) is 20.6. The van der Waals surface area contributed by atoms with Crippen LogP contribution in [0.4, 0.5) is 11.4 Å². The number of nitro benzene ring substituents is 1. The Balaban J connectivity index is 1.67. The van der Waals surface area contributed by atoms with Crippen molar-refractivity contribution in [3.63, 3.8) is 0 Å². The molecule has 1 amide bonds. The number of non-ortho nitro benzene ring substituents is 1. The Labute approximate surface area is 206 Å². The largest absolute Gasteiger partial charge is 0.321 e. The molecule has 0 bridgehead atoms. The standard InChI is InChI=1S/C24H22N4O5S2/c1-3-27(4-2)35(32,33)18-12-9-16(10-13-18)23(29)25-21-15-17(28(30)31)11-14-19(21)24-26-20-7-5-6-8-22(20)34-24/h5-15H,3-4H2,1-2H3,(H,25,29). The number of nitrogens with one attached hydrogen (secondary N) is 1. The molecule has 3 aromatic carbocycles. The number of thiazole rings is 1. The molecular formula is C24H22N4O5S2. The van der Waals surface area contributed by atoms with Crippen LogP contribution in [0.3, 0.4) is 0 Å². The zero-order chi connectivity index (χ0) is 25.2. The maximum atomic E-state index is 13.0. The lowest BCUT2D eigenvalue weighted by molar-refractivity contribution is -0.384. The molecule has 0 saturated carbocycles. The highest BCUT2D eigenvalue weighted by Gasteiger charge is 2.22. The van der Waals surface area contributed by atoms with Gasteiger partial charge in [-0.1, -0.05) is 26.0 Å². The van der Waals surface area contributed by atoms with E-state index in [1.165, 1.54) is 52.0 Å². The molecular weight excluding hydrogens is 488 g/mol. The van der Waals surface area contributed by atoms with E-state index < -0.39 is 20.9 Å². The Kier molecular flexibility index (Phi) is 6.92. The molecule has 1 heterocycles. The van der Waals surface area contributed by atoms with Gasteiger partial charge in [-0.2, -0.15) is 4.31 Å². The second-order valence-corrected chi connectivity index (χ2v) is 10.5. The predicted molar refractivity (Wildman–Crippen MR) is 136 cm³/mol. The molecule has 0 aliphatic heterocycles. The minimum absolute atomic E-state index is 0.0864. The summed E-state index contributed by atoms with van der Waals surface area (Å²) in [5.74, 6) is -0.528. The van der Waals surface area contributed by atoms with E-state index in [1.54, 1.807) is 19.9 Å². The fourth-order valence-corrected chi connectivity index (χ4v) is 6.07. The lowest BCUT2D eigenvalue weighted by Crippen LogP contribution is -2.30. The fraction of sp³-hybridized carbons (Fsp3) is 0.167. The van der Waals surface area contributed by atoms with Crippen molar-refractivity contribution in [1.82, 2.24) is 9.29 Å². The molecule has 0 fully saturated rings. The number of anilines is 1. The summed E-state index contributed by atoms with van der Waals surface area (Å²) >= 11 is 1.41. The van der Waals surface area contributed by atoms with Gasteiger partial charge in [0.2, 0.25) is 10.0 Å². The minimum atomic E-state index is -3.65. The van der Waals surface area contributed by atoms with Crippen molar-refractivity contribution >= 4 is 48.9 Å². The Bertz CT molecular complexity index is 1480. The van der Waals surface area contributed by atoms with Crippen LogP contribution in [0, 0.1) is 10.1 Å². The Morgan fingerprint density at radius 1 is 1.06 bits per heavy atom. The molecule has 0 radical (unpaired) electrons. The summed E-state index contributed by atoms with van der Waals surface area (Å²) in [6, 6.07) is 17.4. The van der Waals surface area contributed by atoms with E-state index in [9.17, 15) is 23.3 Å². The number of hydrogen-bond donors (Lipinski definition) is 1. The second kappa shape index (κ2) is 9.90. The van der Waals surface area contributed by atoms with Gasteiger partial charge in [0.05, 0.1) is 25.7 Å². The van der Waals surface area contributed by atoms with Crippen molar-refractivity contribution in [2.24, 2.45) is 0 Å². The molecule has 0 spiro atoms. The van der Waals surface area contributed by atoms with E-state index in [4.69, 9.17) is 0 Å². The molecule has 0 aliphatic carbocycles. The monoisotopic (exact) mass is 510 g/mol. The number of carbonyl (C=O) groups excluding carboxylic acids is 1. The van der Waals surface area contributed by atoms with Crippen molar-refractivity contribution in [2.45, 2.75) is 18.7 Å².